The summed E-state index contributed by atoms with van der Waals surface area (Å²) in [6.45, 7) is 0.525. The second kappa shape index (κ2) is 5.26. The second-order valence-corrected chi connectivity index (χ2v) is 5.27. The fraction of sp³-hybridized carbons (Fsp3) is 0.235. The Bertz CT molecular complexity index is 813. The summed E-state index contributed by atoms with van der Waals surface area (Å²) in [5.41, 5.74) is 1.89. The van der Waals surface area contributed by atoms with E-state index in [9.17, 15) is 0 Å². The van der Waals surface area contributed by atoms with Crippen molar-refractivity contribution in [2.24, 2.45) is 0 Å². The summed E-state index contributed by atoms with van der Waals surface area (Å²) in [7, 11) is 1.65. The van der Waals surface area contributed by atoms with E-state index in [1.54, 1.807) is 7.11 Å². The summed E-state index contributed by atoms with van der Waals surface area (Å²) in [6, 6.07) is 13.5. The third-order valence-corrected chi connectivity index (χ3v) is 3.73. The van der Waals surface area contributed by atoms with E-state index in [1.807, 2.05) is 42.5 Å². The van der Waals surface area contributed by atoms with Gasteiger partial charge < -0.3 is 19.2 Å². The van der Waals surface area contributed by atoms with Crippen molar-refractivity contribution < 1.29 is 14.2 Å². The van der Waals surface area contributed by atoms with E-state index in [-0.39, 0.29) is 6.10 Å². The summed E-state index contributed by atoms with van der Waals surface area (Å²) in [5.74, 6) is 3.28. The third-order valence-electron chi connectivity index (χ3n) is 3.73. The molecule has 5 heteroatoms. The standard InChI is InChI=1S/C17H16N2O3/c1-20-11-6-7-13-14(8-11)19-17(18-13)9-12-10-21-15-4-2-3-5-16(15)22-12/h2-8,12H,9-10H2,1H3,(H,18,19). The average molecular weight is 296 g/mol. The van der Waals surface area contributed by atoms with Crippen LogP contribution < -0.4 is 14.2 Å². The van der Waals surface area contributed by atoms with Gasteiger partial charge in [0.25, 0.3) is 0 Å². The molecular weight excluding hydrogens is 280 g/mol. The number of rotatable bonds is 3. The van der Waals surface area contributed by atoms with Crippen LogP contribution in [0.5, 0.6) is 17.2 Å². The maximum absolute atomic E-state index is 5.97. The number of aromatic nitrogens is 2. The number of hydrogen-bond donors (Lipinski definition) is 1. The molecular formula is C17H16N2O3. The zero-order valence-electron chi connectivity index (χ0n) is 12.2. The van der Waals surface area contributed by atoms with Crippen molar-refractivity contribution in [3.63, 3.8) is 0 Å². The van der Waals surface area contributed by atoms with Gasteiger partial charge in [-0.15, -0.1) is 0 Å². The third kappa shape index (κ3) is 2.35. The Morgan fingerprint density at radius 3 is 2.95 bits per heavy atom. The molecule has 4 rings (SSSR count). The lowest BCUT2D eigenvalue weighted by Gasteiger charge is -2.25. The lowest BCUT2D eigenvalue weighted by atomic mass is 10.2. The summed E-state index contributed by atoms with van der Waals surface area (Å²) in [6.07, 6.45) is 0.628. The van der Waals surface area contributed by atoms with Crippen LogP contribution in [0.15, 0.2) is 42.5 Å². The van der Waals surface area contributed by atoms with E-state index >= 15 is 0 Å². The number of benzene rings is 2. The van der Waals surface area contributed by atoms with Crippen molar-refractivity contribution in [1.82, 2.24) is 9.97 Å². The van der Waals surface area contributed by atoms with Gasteiger partial charge in [-0.05, 0) is 24.3 Å². The fourth-order valence-electron chi connectivity index (χ4n) is 2.64. The van der Waals surface area contributed by atoms with E-state index in [4.69, 9.17) is 14.2 Å². The number of nitrogens with zero attached hydrogens (tertiary/aromatic N) is 1. The summed E-state index contributed by atoms with van der Waals surface area (Å²) in [5, 5.41) is 0. The molecule has 0 spiro atoms. The first-order valence-corrected chi connectivity index (χ1v) is 7.23. The lowest BCUT2D eigenvalue weighted by Crippen LogP contribution is -2.31. The predicted octanol–water partition coefficient (Wildman–Crippen LogP) is 2.95. The minimum absolute atomic E-state index is 0.0441. The number of hydrogen-bond acceptors (Lipinski definition) is 4. The highest BCUT2D eigenvalue weighted by atomic mass is 16.6. The Kier molecular flexibility index (Phi) is 3.11. The molecule has 1 N–H and O–H groups in total. The highest BCUT2D eigenvalue weighted by molar-refractivity contribution is 5.76. The minimum Gasteiger partial charge on any atom is -0.497 e. The molecule has 1 aromatic heterocycles. The zero-order valence-corrected chi connectivity index (χ0v) is 12.2. The molecule has 2 aromatic carbocycles. The summed E-state index contributed by atoms with van der Waals surface area (Å²) in [4.78, 5) is 7.92. The molecule has 112 valence electrons. The van der Waals surface area contributed by atoms with Crippen LogP contribution in [0, 0.1) is 0 Å². The van der Waals surface area contributed by atoms with Gasteiger partial charge in [0, 0.05) is 12.5 Å². The first kappa shape index (κ1) is 13.0. The number of nitrogens with one attached hydrogen (secondary N) is 1. The largest absolute Gasteiger partial charge is 0.497 e. The number of H-pyrrole nitrogens is 1. The minimum atomic E-state index is -0.0441. The first-order valence-electron chi connectivity index (χ1n) is 7.23. The highest BCUT2D eigenvalue weighted by Crippen LogP contribution is 2.31. The van der Waals surface area contributed by atoms with Gasteiger partial charge in [-0.1, -0.05) is 12.1 Å². The van der Waals surface area contributed by atoms with Crippen molar-refractivity contribution in [3.05, 3.63) is 48.3 Å². The number of fused-ring (bicyclic) bond motifs is 2. The topological polar surface area (TPSA) is 56.4 Å². The van der Waals surface area contributed by atoms with Gasteiger partial charge in [-0.2, -0.15) is 0 Å². The van der Waals surface area contributed by atoms with Gasteiger partial charge in [0.05, 0.1) is 18.1 Å². The molecule has 5 nitrogen and oxygen atoms in total. The highest BCUT2D eigenvalue weighted by Gasteiger charge is 2.22. The number of methoxy groups -OCH3 is 1. The molecule has 22 heavy (non-hydrogen) atoms. The number of aromatic amines is 1. The Labute approximate surface area is 127 Å². The van der Waals surface area contributed by atoms with Crippen LogP contribution in [0.25, 0.3) is 11.0 Å². The zero-order chi connectivity index (χ0) is 14.9. The van der Waals surface area contributed by atoms with E-state index in [0.29, 0.717) is 13.0 Å². The normalized spacial score (nSPS) is 16.7. The molecule has 0 saturated carbocycles. The monoisotopic (exact) mass is 296 g/mol. The van der Waals surface area contributed by atoms with Crippen LogP contribution in [0.1, 0.15) is 5.82 Å². The molecule has 2 heterocycles. The van der Waals surface area contributed by atoms with Crippen LogP contribution in [0.4, 0.5) is 0 Å². The molecule has 1 unspecified atom stereocenters. The molecule has 0 fully saturated rings. The quantitative estimate of drug-likeness (QED) is 0.807. The Balaban J connectivity index is 1.54. The van der Waals surface area contributed by atoms with Crippen LogP contribution in [0.3, 0.4) is 0 Å². The van der Waals surface area contributed by atoms with Gasteiger partial charge in [0.2, 0.25) is 0 Å². The van der Waals surface area contributed by atoms with Gasteiger partial charge in [-0.25, -0.2) is 4.98 Å². The molecule has 1 aliphatic rings. The number of ether oxygens (including phenoxy) is 3. The number of imidazole rings is 1. The van der Waals surface area contributed by atoms with Crippen LogP contribution in [-0.4, -0.2) is 29.8 Å². The maximum atomic E-state index is 5.97. The SMILES string of the molecule is COc1ccc2[nH]c(CC3COc4ccccc4O3)nc2c1. The van der Waals surface area contributed by atoms with Crippen molar-refractivity contribution in [3.8, 4) is 17.2 Å². The van der Waals surface area contributed by atoms with Crippen LogP contribution in [-0.2, 0) is 6.42 Å². The molecule has 0 aliphatic carbocycles. The lowest BCUT2D eigenvalue weighted by molar-refractivity contribution is 0.0900. The molecule has 0 saturated heterocycles. The van der Waals surface area contributed by atoms with E-state index in [0.717, 1.165) is 34.1 Å². The second-order valence-electron chi connectivity index (χ2n) is 5.27. The van der Waals surface area contributed by atoms with Crippen molar-refractivity contribution in [2.75, 3.05) is 13.7 Å². The molecule has 1 aliphatic heterocycles. The van der Waals surface area contributed by atoms with Gasteiger partial charge >= 0.3 is 0 Å². The van der Waals surface area contributed by atoms with Crippen LogP contribution >= 0.6 is 0 Å². The fourth-order valence-corrected chi connectivity index (χ4v) is 2.64. The summed E-state index contributed by atoms with van der Waals surface area (Å²) >= 11 is 0. The van der Waals surface area contributed by atoms with E-state index < -0.39 is 0 Å². The Morgan fingerprint density at radius 2 is 2.09 bits per heavy atom. The van der Waals surface area contributed by atoms with E-state index in [1.165, 1.54) is 0 Å². The molecule has 3 aromatic rings. The van der Waals surface area contributed by atoms with Crippen LogP contribution in [0.2, 0.25) is 0 Å². The number of para-hydroxylation sites is 2. The Hall–Kier alpha value is -2.69. The van der Waals surface area contributed by atoms with Gasteiger partial charge in [0.15, 0.2) is 11.5 Å². The molecule has 1 atom stereocenters. The van der Waals surface area contributed by atoms with Crippen molar-refractivity contribution >= 4 is 11.0 Å². The van der Waals surface area contributed by atoms with E-state index in [2.05, 4.69) is 9.97 Å². The first-order chi connectivity index (χ1) is 10.8. The van der Waals surface area contributed by atoms with Gasteiger partial charge in [-0.3, -0.25) is 0 Å². The van der Waals surface area contributed by atoms with Crippen molar-refractivity contribution in [1.29, 1.82) is 0 Å². The molecule has 0 amide bonds. The molecule has 0 bridgehead atoms. The van der Waals surface area contributed by atoms with Crippen molar-refractivity contribution in [2.45, 2.75) is 12.5 Å². The van der Waals surface area contributed by atoms with Gasteiger partial charge in [0.1, 0.15) is 24.3 Å². The average Bonchev–Trinajstić information content (AvgIpc) is 2.95. The summed E-state index contributed by atoms with van der Waals surface area (Å²) < 4.78 is 16.9. The maximum Gasteiger partial charge on any atom is 0.161 e. The smallest absolute Gasteiger partial charge is 0.161 e. The molecule has 0 radical (unpaired) electrons. The Morgan fingerprint density at radius 1 is 1.23 bits per heavy atom. The predicted molar refractivity (Wildman–Crippen MR) is 82.7 cm³/mol.